The van der Waals surface area contributed by atoms with Crippen molar-refractivity contribution in [1.82, 2.24) is 9.97 Å². The number of nitrogens with one attached hydrogen (secondary N) is 1. The number of thiophene rings is 1. The first-order valence-electron chi connectivity index (χ1n) is 7.83. The van der Waals surface area contributed by atoms with Crippen LogP contribution in [0, 0.1) is 5.92 Å². The zero-order chi connectivity index (χ0) is 13.5. The highest BCUT2D eigenvalue weighted by molar-refractivity contribution is 7.19. The maximum Gasteiger partial charge on any atom is 0.138 e. The Balaban J connectivity index is 1.66. The van der Waals surface area contributed by atoms with Crippen LogP contribution in [0.1, 0.15) is 49.5 Å². The molecule has 4 rings (SSSR count). The molecule has 1 fully saturated rings. The maximum atomic E-state index is 4.55. The first kappa shape index (κ1) is 12.6. The Kier molecular flexibility index (Phi) is 3.14. The number of anilines is 1. The van der Waals surface area contributed by atoms with E-state index >= 15 is 0 Å². The van der Waals surface area contributed by atoms with E-state index in [1.54, 1.807) is 11.2 Å². The SMILES string of the molecule is C[C@H]1CC[C@H](Nc2ncnc3sc4c(c23)CCC4)CC1. The van der Waals surface area contributed by atoms with Crippen molar-refractivity contribution in [1.29, 1.82) is 0 Å². The molecule has 0 amide bonds. The second-order valence-corrected chi connectivity index (χ2v) is 7.44. The average molecular weight is 287 g/mol. The van der Waals surface area contributed by atoms with Gasteiger partial charge in [-0.05, 0) is 56.4 Å². The highest BCUT2D eigenvalue weighted by Gasteiger charge is 2.23. The van der Waals surface area contributed by atoms with Crippen molar-refractivity contribution in [3.05, 3.63) is 16.8 Å². The van der Waals surface area contributed by atoms with Gasteiger partial charge in [0.25, 0.3) is 0 Å². The molecule has 20 heavy (non-hydrogen) atoms. The molecule has 0 atom stereocenters. The number of aromatic nitrogens is 2. The van der Waals surface area contributed by atoms with Gasteiger partial charge in [-0.2, -0.15) is 0 Å². The number of fused-ring (bicyclic) bond motifs is 3. The van der Waals surface area contributed by atoms with Crippen molar-refractivity contribution >= 4 is 27.4 Å². The van der Waals surface area contributed by atoms with E-state index in [9.17, 15) is 0 Å². The number of hydrogen-bond donors (Lipinski definition) is 1. The summed E-state index contributed by atoms with van der Waals surface area (Å²) in [6.07, 6.45) is 10.7. The molecule has 106 valence electrons. The molecule has 2 aromatic heterocycles. The highest BCUT2D eigenvalue weighted by atomic mass is 32.1. The van der Waals surface area contributed by atoms with Gasteiger partial charge in [0.15, 0.2) is 0 Å². The van der Waals surface area contributed by atoms with Gasteiger partial charge in [-0.15, -0.1) is 11.3 Å². The van der Waals surface area contributed by atoms with E-state index in [1.165, 1.54) is 60.7 Å². The van der Waals surface area contributed by atoms with Crippen LogP contribution in [0.5, 0.6) is 0 Å². The second kappa shape index (κ2) is 4.99. The molecule has 0 saturated heterocycles. The standard InChI is InChI=1S/C16H21N3S/c1-10-5-7-11(8-6-10)19-15-14-12-3-2-4-13(12)20-16(14)18-9-17-15/h9-11H,2-8H2,1H3,(H,17,18,19)/t10-,11-. The molecule has 2 aliphatic carbocycles. The lowest BCUT2D eigenvalue weighted by atomic mass is 9.87. The van der Waals surface area contributed by atoms with Crippen LogP contribution in [0.2, 0.25) is 0 Å². The minimum atomic E-state index is 0.598. The Morgan fingerprint density at radius 2 is 2.00 bits per heavy atom. The molecule has 0 spiro atoms. The summed E-state index contributed by atoms with van der Waals surface area (Å²) in [5, 5.41) is 5.04. The predicted molar refractivity (Wildman–Crippen MR) is 84.5 cm³/mol. The number of aryl methyl sites for hydroxylation is 2. The third-order valence-electron chi connectivity index (χ3n) is 4.86. The van der Waals surface area contributed by atoms with E-state index in [1.807, 2.05) is 11.3 Å². The van der Waals surface area contributed by atoms with Gasteiger partial charge >= 0.3 is 0 Å². The topological polar surface area (TPSA) is 37.8 Å². The number of nitrogens with zero attached hydrogens (tertiary/aromatic N) is 2. The van der Waals surface area contributed by atoms with E-state index in [0.717, 1.165) is 11.7 Å². The first-order chi connectivity index (χ1) is 9.81. The summed E-state index contributed by atoms with van der Waals surface area (Å²) < 4.78 is 0. The molecule has 1 N–H and O–H groups in total. The molecular formula is C16H21N3S. The summed E-state index contributed by atoms with van der Waals surface area (Å²) >= 11 is 1.87. The summed E-state index contributed by atoms with van der Waals surface area (Å²) in [6, 6.07) is 0.598. The molecule has 0 unspecified atom stereocenters. The van der Waals surface area contributed by atoms with Gasteiger partial charge in [0.2, 0.25) is 0 Å². The smallest absolute Gasteiger partial charge is 0.138 e. The molecule has 0 bridgehead atoms. The Labute approximate surface area is 123 Å². The molecule has 2 heterocycles. The van der Waals surface area contributed by atoms with Crippen LogP contribution in [0.25, 0.3) is 10.2 Å². The fourth-order valence-corrected chi connectivity index (χ4v) is 4.86. The van der Waals surface area contributed by atoms with E-state index < -0.39 is 0 Å². The zero-order valence-electron chi connectivity index (χ0n) is 12.0. The van der Waals surface area contributed by atoms with Crippen molar-refractivity contribution < 1.29 is 0 Å². The minimum Gasteiger partial charge on any atom is -0.367 e. The van der Waals surface area contributed by atoms with Gasteiger partial charge in [-0.3, -0.25) is 0 Å². The van der Waals surface area contributed by atoms with Crippen LogP contribution in [-0.4, -0.2) is 16.0 Å². The van der Waals surface area contributed by atoms with Gasteiger partial charge < -0.3 is 5.32 Å². The fraction of sp³-hybridized carbons (Fsp3) is 0.625. The van der Waals surface area contributed by atoms with Crippen molar-refractivity contribution in [3.8, 4) is 0 Å². The maximum absolute atomic E-state index is 4.55. The van der Waals surface area contributed by atoms with Crippen LogP contribution in [0.15, 0.2) is 6.33 Å². The van der Waals surface area contributed by atoms with E-state index in [-0.39, 0.29) is 0 Å². The summed E-state index contributed by atoms with van der Waals surface area (Å²) in [5.41, 5.74) is 1.53. The number of hydrogen-bond acceptors (Lipinski definition) is 4. The summed E-state index contributed by atoms with van der Waals surface area (Å²) in [5.74, 6) is 1.98. The zero-order valence-corrected chi connectivity index (χ0v) is 12.8. The molecule has 2 aliphatic rings. The van der Waals surface area contributed by atoms with Crippen molar-refractivity contribution in [3.63, 3.8) is 0 Å². The molecule has 2 aromatic rings. The molecule has 1 saturated carbocycles. The largest absolute Gasteiger partial charge is 0.367 e. The van der Waals surface area contributed by atoms with Gasteiger partial charge in [0.1, 0.15) is 17.0 Å². The van der Waals surface area contributed by atoms with Gasteiger partial charge in [0.05, 0.1) is 5.39 Å². The van der Waals surface area contributed by atoms with E-state index in [0.29, 0.717) is 6.04 Å². The lowest BCUT2D eigenvalue weighted by molar-refractivity contribution is 0.361. The van der Waals surface area contributed by atoms with Crippen LogP contribution in [0.3, 0.4) is 0 Å². The van der Waals surface area contributed by atoms with E-state index in [4.69, 9.17) is 0 Å². The van der Waals surface area contributed by atoms with Crippen molar-refractivity contribution in [2.24, 2.45) is 5.92 Å². The van der Waals surface area contributed by atoms with Gasteiger partial charge in [0, 0.05) is 10.9 Å². The monoisotopic (exact) mass is 287 g/mol. The fourth-order valence-electron chi connectivity index (χ4n) is 3.64. The summed E-state index contributed by atoms with van der Waals surface area (Å²) in [7, 11) is 0. The van der Waals surface area contributed by atoms with Crippen molar-refractivity contribution in [2.75, 3.05) is 5.32 Å². The number of rotatable bonds is 2. The molecule has 4 heteroatoms. The lowest BCUT2D eigenvalue weighted by Crippen LogP contribution is -2.25. The molecule has 0 aliphatic heterocycles. The van der Waals surface area contributed by atoms with Gasteiger partial charge in [-0.1, -0.05) is 6.92 Å². The molecule has 0 radical (unpaired) electrons. The Morgan fingerprint density at radius 3 is 2.85 bits per heavy atom. The molecule has 0 aromatic carbocycles. The molecule has 3 nitrogen and oxygen atoms in total. The van der Waals surface area contributed by atoms with Crippen LogP contribution >= 0.6 is 11.3 Å². The Morgan fingerprint density at radius 1 is 1.15 bits per heavy atom. The minimum absolute atomic E-state index is 0.598. The first-order valence-corrected chi connectivity index (χ1v) is 8.64. The Bertz CT molecular complexity index is 626. The third kappa shape index (κ3) is 2.10. The summed E-state index contributed by atoms with van der Waals surface area (Å²) in [6.45, 7) is 2.37. The lowest BCUT2D eigenvalue weighted by Gasteiger charge is -2.27. The predicted octanol–water partition coefficient (Wildman–Crippen LogP) is 4.17. The molecular weight excluding hydrogens is 266 g/mol. The average Bonchev–Trinajstić information content (AvgIpc) is 3.02. The third-order valence-corrected chi connectivity index (χ3v) is 6.06. The van der Waals surface area contributed by atoms with Crippen LogP contribution in [-0.2, 0) is 12.8 Å². The van der Waals surface area contributed by atoms with E-state index in [2.05, 4.69) is 22.2 Å². The van der Waals surface area contributed by atoms with Crippen molar-refractivity contribution in [2.45, 2.75) is 57.9 Å². The van der Waals surface area contributed by atoms with Crippen LogP contribution in [0.4, 0.5) is 5.82 Å². The highest BCUT2D eigenvalue weighted by Crippen LogP contribution is 2.39. The van der Waals surface area contributed by atoms with Gasteiger partial charge in [-0.25, -0.2) is 9.97 Å². The van der Waals surface area contributed by atoms with Crippen LogP contribution < -0.4 is 5.32 Å². The quantitative estimate of drug-likeness (QED) is 0.900. The summed E-state index contributed by atoms with van der Waals surface area (Å²) in [4.78, 5) is 11.8. The Hall–Kier alpha value is -1.16. The second-order valence-electron chi connectivity index (χ2n) is 6.36. The normalized spacial score (nSPS) is 25.9.